The predicted molar refractivity (Wildman–Crippen MR) is 150 cm³/mol. The van der Waals surface area contributed by atoms with Crippen molar-refractivity contribution in [3.05, 3.63) is 47.9 Å². The molecule has 3 fully saturated rings. The van der Waals surface area contributed by atoms with Gasteiger partial charge in [0.25, 0.3) is 5.91 Å². The van der Waals surface area contributed by atoms with Gasteiger partial charge in [-0.1, -0.05) is 6.07 Å². The van der Waals surface area contributed by atoms with Gasteiger partial charge >= 0.3 is 0 Å². The third-order valence-electron chi connectivity index (χ3n) is 9.29. The van der Waals surface area contributed by atoms with Gasteiger partial charge in [-0.05, 0) is 108 Å². The van der Waals surface area contributed by atoms with Crippen molar-refractivity contribution in [1.82, 2.24) is 25.0 Å². The SMILES string of the molecule is COc1cc2nn(C3CCC(N4CCC5(CCNCC5)CC4)CC3)cc2cc1NC(=O)c1cccc(C)n1. The molecule has 1 spiro atoms. The number of hydrogen-bond acceptors (Lipinski definition) is 6. The van der Waals surface area contributed by atoms with Crippen LogP contribution in [0.5, 0.6) is 5.75 Å². The molecule has 8 nitrogen and oxygen atoms in total. The fourth-order valence-corrected chi connectivity index (χ4v) is 6.89. The molecule has 2 saturated heterocycles. The van der Waals surface area contributed by atoms with Gasteiger partial charge in [-0.25, -0.2) is 4.98 Å². The molecule has 1 amide bonds. The number of likely N-dealkylation sites (tertiary alicyclic amines) is 1. The minimum Gasteiger partial charge on any atom is -0.494 e. The summed E-state index contributed by atoms with van der Waals surface area (Å²) in [6.45, 7) is 6.82. The smallest absolute Gasteiger partial charge is 0.274 e. The Hall–Kier alpha value is -2.97. The highest BCUT2D eigenvalue weighted by atomic mass is 16.5. The monoisotopic (exact) mass is 516 g/mol. The Morgan fingerprint density at radius 2 is 1.79 bits per heavy atom. The summed E-state index contributed by atoms with van der Waals surface area (Å²) in [6, 6.07) is 10.4. The first-order chi connectivity index (χ1) is 18.5. The highest BCUT2D eigenvalue weighted by molar-refractivity contribution is 6.05. The Bertz CT molecular complexity index is 1280. The number of benzene rings is 1. The van der Waals surface area contributed by atoms with Crippen molar-refractivity contribution in [2.75, 3.05) is 38.6 Å². The van der Waals surface area contributed by atoms with Crippen molar-refractivity contribution in [3.63, 3.8) is 0 Å². The minimum absolute atomic E-state index is 0.249. The summed E-state index contributed by atoms with van der Waals surface area (Å²) >= 11 is 0. The number of nitrogens with one attached hydrogen (secondary N) is 2. The lowest BCUT2D eigenvalue weighted by atomic mass is 9.71. The van der Waals surface area contributed by atoms with Gasteiger partial charge in [0.2, 0.25) is 0 Å². The number of pyridine rings is 1. The lowest BCUT2D eigenvalue weighted by Gasteiger charge is -2.47. The summed E-state index contributed by atoms with van der Waals surface area (Å²) < 4.78 is 7.75. The highest BCUT2D eigenvalue weighted by Crippen LogP contribution is 2.42. The molecule has 0 unspecified atom stereocenters. The average Bonchev–Trinajstić information content (AvgIpc) is 3.36. The second kappa shape index (κ2) is 10.7. The van der Waals surface area contributed by atoms with E-state index in [2.05, 4.69) is 31.4 Å². The zero-order chi connectivity index (χ0) is 26.1. The summed E-state index contributed by atoms with van der Waals surface area (Å²) in [6.07, 6.45) is 12.4. The van der Waals surface area contributed by atoms with Gasteiger partial charge in [-0.15, -0.1) is 0 Å². The number of amides is 1. The third-order valence-corrected chi connectivity index (χ3v) is 9.29. The summed E-state index contributed by atoms with van der Waals surface area (Å²) in [5, 5.41) is 12.4. The lowest BCUT2D eigenvalue weighted by molar-refractivity contribution is 0.0346. The number of piperidine rings is 2. The number of fused-ring (bicyclic) bond motifs is 1. The molecule has 202 valence electrons. The quantitative estimate of drug-likeness (QED) is 0.499. The molecule has 6 rings (SSSR count). The van der Waals surface area contributed by atoms with Crippen LogP contribution in [-0.4, -0.2) is 64.9 Å². The fraction of sp³-hybridized carbons (Fsp3) is 0.567. The van der Waals surface area contributed by atoms with Crippen LogP contribution in [0.2, 0.25) is 0 Å². The number of nitrogens with zero attached hydrogens (tertiary/aromatic N) is 4. The highest BCUT2D eigenvalue weighted by Gasteiger charge is 2.38. The molecule has 3 aliphatic rings. The third kappa shape index (κ3) is 5.16. The molecule has 1 aliphatic carbocycles. The molecule has 8 heteroatoms. The van der Waals surface area contributed by atoms with E-state index in [1.165, 1.54) is 64.7 Å². The fourth-order valence-electron chi connectivity index (χ4n) is 6.89. The molecule has 3 aromatic rings. The Balaban J connectivity index is 1.10. The van der Waals surface area contributed by atoms with Gasteiger partial charge in [-0.3, -0.25) is 9.48 Å². The molecule has 1 saturated carbocycles. The van der Waals surface area contributed by atoms with E-state index in [1.807, 2.05) is 31.2 Å². The van der Waals surface area contributed by atoms with Crippen LogP contribution >= 0.6 is 0 Å². The Labute approximate surface area is 225 Å². The molecule has 1 aromatic carbocycles. The topological polar surface area (TPSA) is 84.3 Å². The van der Waals surface area contributed by atoms with Gasteiger partial charge < -0.3 is 20.3 Å². The van der Waals surface area contributed by atoms with Gasteiger partial charge in [-0.2, -0.15) is 5.10 Å². The molecule has 38 heavy (non-hydrogen) atoms. The van der Waals surface area contributed by atoms with E-state index < -0.39 is 0 Å². The van der Waals surface area contributed by atoms with Crippen LogP contribution in [0.1, 0.15) is 73.6 Å². The zero-order valence-corrected chi connectivity index (χ0v) is 22.7. The molecule has 0 bridgehead atoms. The van der Waals surface area contributed by atoms with E-state index in [-0.39, 0.29) is 5.91 Å². The molecule has 2 aliphatic heterocycles. The zero-order valence-electron chi connectivity index (χ0n) is 22.7. The van der Waals surface area contributed by atoms with Crippen LogP contribution in [0.3, 0.4) is 0 Å². The summed E-state index contributed by atoms with van der Waals surface area (Å²) in [5.74, 6) is 0.352. The first-order valence-corrected chi connectivity index (χ1v) is 14.3. The normalized spacial score (nSPS) is 23.9. The van der Waals surface area contributed by atoms with E-state index in [0.29, 0.717) is 34.6 Å². The van der Waals surface area contributed by atoms with Crippen molar-refractivity contribution >= 4 is 22.5 Å². The van der Waals surface area contributed by atoms with Crippen LogP contribution in [0, 0.1) is 12.3 Å². The van der Waals surface area contributed by atoms with Gasteiger partial charge in [0.15, 0.2) is 0 Å². The molecule has 0 radical (unpaired) electrons. The summed E-state index contributed by atoms with van der Waals surface area (Å²) in [7, 11) is 1.62. The largest absolute Gasteiger partial charge is 0.494 e. The lowest BCUT2D eigenvalue weighted by Crippen LogP contribution is -2.49. The number of carbonyl (C=O) groups is 1. The van der Waals surface area contributed by atoms with E-state index in [4.69, 9.17) is 9.84 Å². The molecule has 2 aromatic heterocycles. The van der Waals surface area contributed by atoms with Crippen LogP contribution in [0.25, 0.3) is 10.9 Å². The number of aromatic nitrogens is 3. The maximum Gasteiger partial charge on any atom is 0.274 e. The number of aryl methyl sites for hydroxylation is 1. The number of ether oxygens (including phenoxy) is 1. The minimum atomic E-state index is -0.249. The Morgan fingerprint density at radius 1 is 1.05 bits per heavy atom. The first kappa shape index (κ1) is 25.3. The summed E-state index contributed by atoms with van der Waals surface area (Å²) in [4.78, 5) is 19.9. The van der Waals surface area contributed by atoms with Gasteiger partial charge in [0.1, 0.15) is 11.4 Å². The van der Waals surface area contributed by atoms with Crippen molar-refractivity contribution in [3.8, 4) is 5.75 Å². The number of hydrogen-bond donors (Lipinski definition) is 2. The van der Waals surface area contributed by atoms with Crippen molar-refractivity contribution < 1.29 is 9.53 Å². The molecular formula is C30H40N6O2. The molecule has 2 N–H and O–H groups in total. The van der Waals surface area contributed by atoms with Gasteiger partial charge in [0, 0.05) is 29.4 Å². The maximum absolute atomic E-state index is 12.8. The predicted octanol–water partition coefficient (Wildman–Crippen LogP) is 4.95. The van der Waals surface area contributed by atoms with Crippen molar-refractivity contribution in [1.29, 1.82) is 0 Å². The van der Waals surface area contributed by atoms with Crippen LogP contribution < -0.4 is 15.4 Å². The van der Waals surface area contributed by atoms with E-state index >= 15 is 0 Å². The number of rotatable bonds is 5. The number of anilines is 1. The average molecular weight is 517 g/mol. The van der Waals surface area contributed by atoms with Gasteiger partial charge in [0.05, 0.1) is 24.4 Å². The molecule has 4 heterocycles. The number of methoxy groups -OCH3 is 1. The second-order valence-corrected chi connectivity index (χ2v) is 11.6. The first-order valence-electron chi connectivity index (χ1n) is 14.3. The van der Waals surface area contributed by atoms with Crippen LogP contribution in [0.4, 0.5) is 5.69 Å². The van der Waals surface area contributed by atoms with E-state index in [9.17, 15) is 4.79 Å². The molecule has 0 atom stereocenters. The standard InChI is InChI=1S/C30H40N6O2/c1-21-4-3-5-25(32-21)29(37)33-27-18-22-20-36(34-26(22)19-28(27)38-2)24-8-6-23(7-9-24)35-16-12-30(13-17-35)10-14-31-15-11-30/h3-5,18-20,23-24,31H,6-17H2,1-2H3,(H,33,37). The number of carbonyl (C=O) groups excluding carboxylic acids is 1. The maximum atomic E-state index is 12.8. The van der Waals surface area contributed by atoms with Crippen molar-refractivity contribution in [2.45, 2.75) is 70.4 Å². The van der Waals surface area contributed by atoms with Crippen molar-refractivity contribution in [2.24, 2.45) is 5.41 Å². The Kier molecular flexibility index (Phi) is 7.10. The van der Waals surface area contributed by atoms with E-state index in [1.54, 1.807) is 13.2 Å². The summed E-state index contributed by atoms with van der Waals surface area (Å²) in [5.41, 5.74) is 3.33. The Morgan fingerprint density at radius 3 is 2.50 bits per heavy atom. The molecular weight excluding hydrogens is 476 g/mol. The second-order valence-electron chi connectivity index (χ2n) is 11.6. The van der Waals surface area contributed by atoms with Crippen LogP contribution in [0.15, 0.2) is 36.5 Å². The van der Waals surface area contributed by atoms with Crippen LogP contribution in [-0.2, 0) is 0 Å². The van der Waals surface area contributed by atoms with E-state index in [0.717, 1.165) is 29.4 Å².